The molecule has 0 aliphatic heterocycles. The number of benzene rings is 4. The van der Waals surface area contributed by atoms with Crippen molar-refractivity contribution >= 4 is 35.1 Å². The summed E-state index contributed by atoms with van der Waals surface area (Å²) in [4.78, 5) is 0. The van der Waals surface area contributed by atoms with Gasteiger partial charge in [0.25, 0.3) is 0 Å². The Morgan fingerprint density at radius 2 is 0.853 bits per heavy atom. The van der Waals surface area contributed by atoms with E-state index in [9.17, 15) is 0 Å². The second-order valence-corrected chi connectivity index (χ2v) is 7.66. The fourth-order valence-electron chi connectivity index (χ4n) is 4.01. The molecular weight excluding hydrogens is 424 g/mol. The Morgan fingerprint density at radius 1 is 0.441 bits per heavy atom. The normalized spacial score (nSPS) is 11.3. The first kappa shape index (κ1) is 23.0. The highest BCUT2D eigenvalue weighted by Crippen LogP contribution is 2.34. The van der Waals surface area contributed by atoms with Crippen molar-refractivity contribution in [1.82, 2.24) is 0 Å². The summed E-state index contributed by atoms with van der Waals surface area (Å²) in [6.45, 7) is 0. The van der Waals surface area contributed by atoms with Gasteiger partial charge in [0.2, 0.25) is 0 Å². The first-order chi connectivity index (χ1) is 16.7. The summed E-state index contributed by atoms with van der Waals surface area (Å²) in [5.41, 5.74) is 4.06. The minimum atomic E-state index is 0.702. The predicted molar refractivity (Wildman–Crippen MR) is 141 cm³/mol. The third-order valence-electron chi connectivity index (χ3n) is 5.70. The van der Waals surface area contributed by atoms with E-state index in [4.69, 9.17) is 18.9 Å². The quantitative estimate of drug-likeness (QED) is 0.265. The number of rotatable bonds is 8. The van der Waals surface area contributed by atoms with Gasteiger partial charge in [-0.2, -0.15) is 0 Å². The van der Waals surface area contributed by atoms with Crippen molar-refractivity contribution < 1.29 is 18.9 Å². The molecule has 0 atom stereocenters. The monoisotopic (exact) mass is 452 g/mol. The summed E-state index contributed by atoms with van der Waals surface area (Å²) in [6.07, 6.45) is 8.31. The largest absolute Gasteiger partial charge is 0.493 e. The Balaban J connectivity index is 1.79. The first-order valence-corrected chi connectivity index (χ1v) is 11.0. The van der Waals surface area contributed by atoms with Gasteiger partial charge in [-0.15, -0.1) is 0 Å². The van der Waals surface area contributed by atoms with Crippen LogP contribution in [0.2, 0.25) is 0 Å². The Labute approximate surface area is 200 Å². The molecule has 0 radical (unpaired) electrons. The van der Waals surface area contributed by atoms with E-state index in [1.807, 2.05) is 36.4 Å². The highest BCUT2D eigenvalue weighted by Gasteiger charge is 2.09. The maximum atomic E-state index is 5.59. The standard InChI is InChI=1S/C30H28O4/c1-31-27-13-7-11-21(29(27)33-3)15-17-25-19-23-9-5-6-10-24(23)20-26(25)18-16-22-12-8-14-28(32-2)30(22)34-4/h5-20H,1-4H3/b17-15+,18-16+. The SMILES string of the molecule is COc1cccc(/C=C/c2cc3ccccc3cc2/C=C/c2cccc(OC)c2OC)c1OC. The van der Waals surface area contributed by atoms with Crippen LogP contribution >= 0.6 is 0 Å². The topological polar surface area (TPSA) is 36.9 Å². The van der Waals surface area contributed by atoms with Crippen LogP contribution in [0.25, 0.3) is 35.1 Å². The predicted octanol–water partition coefficient (Wildman–Crippen LogP) is 7.22. The molecule has 0 aromatic heterocycles. The van der Waals surface area contributed by atoms with Crippen molar-refractivity contribution in [3.8, 4) is 23.0 Å². The molecule has 4 aromatic carbocycles. The zero-order valence-electron chi connectivity index (χ0n) is 19.9. The van der Waals surface area contributed by atoms with E-state index < -0.39 is 0 Å². The molecular formula is C30H28O4. The Morgan fingerprint density at radius 3 is 1.24 bits per heavy atom. The summed E-state index contributed by atoms with van der Waals surface area (Å²) < 4.78 is 22.1. The zero-order valence-corrected chi connectivity index (χ0v) is 19.9. The maximum absolute atomic E-state index is 5.59. The molecule has 0 aliphatic carbocycles. The molecule has 0 N–H and O–H groups in total. The van der Waals surface area contributed by atoms with Crippen LogP contribution in [0.4, 0.5) is 0 Å². The van der Waals surface area contributed by atoms with Gasteiger partial charge in [-0.05, 0) is 46.2 Å². The van der Waals surface area contributed by atoms with Crippen LogP contribution < -0.4 is 18.9 Å². The first-order valence-electron chi connectivity index (χ1n) is 11.0. The molecule has 4 heteroatoms. The van der Waals surface area contributed by atoms with Gasteiger partial charge in [0.05, 0.1) is 28.4 Å². The Hall–Kier alpha value is -4.18. The molecule has 0 saturated carbocycles. The van der Waals surface area contributed by atoms with Gasteiger partial charge < -0.3 is 18.9 Å². The van der Waals surface area contributed by atoms with Crippen molar-refractivity contribution in [2.24, 2.45) is 0 Å². The second kappa shape index (κ2) is 10.6. The average Bonchev–Trinajstić information content (AvgIpc) is 2.89. The van der Waals surface area contributed by atoms with Crippen LogP contribution in [0.5, 0.6) is 23.0 Å². The Kier molecular flexibility index (Phi) is 7.19. The van der Waals surface area contributed by atoms with E-state index >= 15 is 0 Å². The van der Waals surface area contributed by atoms with Crippen molar-refractivity contribution in [2.45, 2.75) is 0 Å². The molecule has 34 heavy (non-hydrogen) atoms. The van der Waals surface area contributed by atoms with Crippen LogP contribution in [0.1, 0.15) is 22.3 Å². The Bertz CT molecular complexity index is 1250. The molecule has 4 aromatic rings. The molecule has 0 fully saturated rings. The number of para-hydroxylation sites is 2. The third-order valence-corrected chi connectivity index (χ3v) is 5.70. The van der Waals surface area contributed by atoms with Gasteiger partial charge in [0.15, 0.2) is 23.0 Å². The highest BCUT2D eigenvalue weighted by atomic mass is 16.5. The molecule has 0 bridgehead atoms. The summed E-state index contributed by atoms with van der Waals surface area (Å²) in [5, 5.41) is 2.35. The smallest absolute Gasteiger partial charge is 0.167 e. The number of fused-ring (bicyclic) bond motifs is 1. The van der Waals surface area contributed by atoms with E-state index in [2.05, 4.69) is 60.7 Å². The molecule has 0 amide bonds. The molecule has 4 rings (SSSR count). The summed E-state index contributed by atoms with van der Waals surface area (Å²) in [6, 6.07) is 24.5. The molecule has 172 valence electrons. The van der Waals surface area contributed by atoms with Crippen LogP contribution in [0, 0.1) is 0 Å². The lowest BCUT2D eigenvalue weighted by Gasteiger charge is -2.11. The molecule has 0 heterocycles. The van der Waals surface area contributed by atoms with E-state index in [0.29, 0.717) is 23.0 Å². The lowest BCUT2D eigenvalue weighted by molar-refractivity contribution is 0.354. The summed E-state index contributed by atoms with van der Waals surface area (Å²) in [5.74, 6) is 2.82. The maximum Gasteiger partial charge on any atom is 0.167 e. The van der Waals surface area contributed by atoms with E-state index in [-0.39, 0.29) is 0 Å². The van der Waals surface area contributed by atoms with Crippen molar-refractivity contribution in [1.29, 1.82) is 0 Å². The second-order valence-electron chi connectivity index (χ2n) is 7.66. The van der Waals surface area contributed by atoms with Crippen LogP contribution in [0.3, 0.4) is 0 Å². The van der Waals surface area contributed by atoms with Gasteiger partial charge in [-0.1, -0.05) is 72.8 Å². The number of ether oxygens (including phenoxy) is 4. The van der Waals surface area contributed by atoms with Gasteiger partial charge in [-0.25, -0.2) is 0 Å². The molecule has 0 spiro atoms. The number of hydrogen-bond donors (Lipinski definition) is 0. The highest BCUT2D eigenvalue weighted by molar-refractivity contribution is 5.92. The summed E-state index contributed by atoms with van der Waals surface area (Å²) >= 11 is 0. The van der Waals surface area contributed by atoms with E-state index in [0.717, 1.165) is 22.3 Å². The average molecular weight is 453 g/mol. The molecule has 4 nitrogen and oxygen atoms in total. The minimum absolute atomic E-state index is 0.702. The third kappa shape index (κ3) is 4.76. The minimum Gasteiger partial charge on any atom is -0.493 e. The van der Waals surface area contributed by atoms with Crippen molar-refractivity contribution in [2.75, 3.05) is 28.4 Å². The van der Waals surface area contributed by atoms with Crippen LogP contribution in [0.15, 0.2) is 72.8 Å². The zero-order chi connectivity index (χ0) is 23.9. The van der Waals surface area contributed by atoms with E-state index in [1.165, 1.54) is 10.8 Å². The van der Waals surface area contributed by atoms with Gasteiger partial charge in [0.1, 0.15) is 0 Å². The van der Waals surface area contributed by atoms with Gasteiger partial charge in [0, 0.05) is 11.1 Å². The molecule has 0 aliphatic rings. The number of methoxy groups -OCH3 is 4. The lowest BCUT2D eigenvalue weighted by atomic mass is 9.98. The summed E-state index contributed by atoms with van der Waals surface area (Å²) in [7, 11) is 6.59. The van der Waals surface area contributed by atoms with Crippen LogP contribution in [-0.2, 0) is 0 Å². The fraction of sp³-hybridized carbons (Fsp3) is 0.133. The number of hydrogen-bond acceptors (Lipinski definition) is 4. The van der Waals surface area contributed by atoms with Crippen molar-refractivity contribution in [3.05, 3.63) is 95.1 Å². The molecule has 0 unspecified atom stereocenters. The van der Waals surface area contributed by atoms with Gasteiger partial charge in [-0.3, -0.25) is 0 Å². The molecule has 0 saturated heterocycles. The van der Waals surface area contributed by atoms with Crippen LogP contribution in [-0.4, -0.2) is 28.4 Å². The van der Waals surface area contributed by atoms with E-state index in [1.54, 1.807) is 28.4 Å². The lowest BCUT2D eigenvalue weighted by Crippen LogP contribution is -1.93. The van der Waals surface area contributed by atoms with Gasteiger partial charge >= 0.3 is 0 Å². The fourth-order valence-corrected chi connectivity index (χ4v) is 4.01. The van der Waals surface area contributed by atoms with Crippen molar-refractivity contribution in [3.63, 3.8) is 0 Å².